The molecule has 0 aliphatic heterocycles. The average molecular weight is 393 g/mol. The lowest BCUT2D eigenvalue weighted by Gasteiger charge is -2.14. The second kappa shape index (κ2) is 9.20. The zero-order valence-electron chi connectivity index (χ0n) is 15.5. The second-order valence-corrected chi connectivity index (χ2v) is 6.93. The number of hydrogen-bond acceptors (Lipinski definition) is 2. The lowest BCUT2D eigenvalue weighted by Crippen LogP contribution is -2.27. The number of rotatable bonds is 6. The Labute approximate surface area is 169 Å². The van der Waals surface area contributed by atoms with Gasteiger partial charge in [0.05, 0.1) is 6.04 Å². The molecule has 3 aromatic rings. The van der Waals surface area contributed by atoms with E-state index >= 15 is 0 Å². The zero-order valence-corrected chi connectivity index (χ0v) is 16.2. The van der Waals surface area contributed by atoms with Crippen molar-refractivity contribution in [3.8, 4) is 0 Å². The summed E-state index contributed by atoms with van der Waals surface area (Å²) >= 11 is 5.86. The van der Waals surface area contributed by atoms with Crippen LogP contribution in [0, 0.1) is 0 Å². The lowest BCUT2D eigenvalue weighted by atomic mass is 10.1. The second-order valence-electron chi connectivity index (χ2n) is 6.49. The first kappa shape index (κ1) is 19.6. The summed E-state index contributed by atoms with van der Waals surface area (Å²) in [4.78, 5) is 24.7. The molecular formula is C23H21ClN2O2. The molecule has 1 atom stereocenters. The smallest absolute Gasteiger partial charge is 0.251 e. The van der Waals surface area contributed by atoms with Crippen molar-refractivity contribution in [1.29, 1.82) is 0 Å². The monoisotopic (exact) mass is 392 g/mol. The van der Waals surface area contributed by atoms with Crippen LogP contribution < -0.4 is 10.6 Å². The first-order valence-electron chi connectivity index (χ1n) is 9.01. The van der Waals surface area contributed by atoms with Crippen molar-refractivity contribution in [2.45, 2.75) is 19.5 Å². The number of benzene rings is 3. The summed E-state index contributed by atoms with van der Waals surface area (Å²) in [6, 6.07) is 23.6. The summed E-state index contributed by atoms with van der Waals surface area (Å²) in [5.74, 6) is -0.371. The third-order valence-electron chi connectivity index (χ3n) is 4.42. The molecule has 0 aliphatic carbocycles. The molecule has 0 heterocycles. The molecule has 0 fully saturated rings. The van der Waals surface area contributed by atoms with Crippen LogP contribution >= 0.6 is 11.6 Å². The van der Waals surface area contributed by atoms with E-state index in [0.29, 0.717) is 22.7 Å². The van der Waals surface area contributed by atoms with Gasteiger partial charge in [-0.1, -0.05) is 54.1 Å². The van der Waals surface area contributed by atoms with Gasteiger partial charge in [0.1, 0.15) is 0 Å². The van der Waals surface area contributed by atoms with E-state index in [1.165, 1.54) is 0 Å². The fraction of sp³-hybridized carbons (Fsp3) is 0.130. The van der Waals surface area contributed by atoms with Gasteiger partial charge in [-0.15, -0.1) is 0 Å². The Morgan fingerprint density at radius 2 is 1.39 bits per heavy atom. The van der Waals surface area contributed by atoms with Gasteiger partial charge in [-0.25, -0.2) is 0 Å². The maximum Gasteiger partial charge on any atom is 0.251 e. The molecule has 0 aromatic heterocycles. The molecule has 0 spiro atoms. The molecule has 3 rings (SSSR count). The molecule has 0 saturated carbocycles. The van der Waals surface area contributed by atoms with Crippen LogP contribution in [-0.2, 0) is 6.54 Å². The number of carbonyl (C=O) groups is 2. The van der Waals surface area contributed by atoms with Crippen LogP contribution in [-0.4, -0.2) is 11.8 Å². The van der Waals surface area contributed by atoms with Crippen LogP contribution in [0.2, 0.25) is 5.02 Å². The van der Waals surface area contributed by atoms with Gasteiger partial charge in [-0.05, 0) is 54.4 Å². The third-order valence-corrected chi connectivity index (χ3v) is 4.67. The minimum atomic E-state index is -0.195. The average Bonchev–Trinajstić information content (AvgIpc) is 2.73. The Bertz CT molecular complexity index is 939. The van der Waals surface area contributed by atoms with Gasteiger partial charge in [0.15, 0.2) is 0 Å². The Morgan fingerprint density at radius 3 is 2.00 bits per heavy atom. The fourth-order valence-corrected chi connectivity index (χ4v) is 2.89. The van der Waals surface area contributed by atoms with Crippen LogP contribution in [0.3, 0.4) is 0 Å². The van der Waals surface area contributed by atoms with Crippen molar-refractivity contribution in [3.63, 3.8) is 0 Å². The van der Waals surface area contributed by atoms with Gasteiger partial charge in [-0.3, -0.25) is 9.59 Å². The van der Waals surface area contributed by atoms with Crippen LogP contribution in [0.5, 0.6) is 0 Å². The minimum Gasteiger partial charge on any atom is -0.348 e. The SMILES string of the molecule is CC(NC(=O)c1ccc(C(=O)NCc2ccc(Cl)cc2)cc1)c1ccccc1. The molecular weight excluding hydrogens is 372 g/mol. The van der Waals surface area contributed by atoms with E-state index in [1.807, 2.05) is 49.4 Å². The van der Waals surface area contributed by atoms with Gasteiger partial charge in [0.2, 0.25) is 0 Å². The van der Waals surface area contributed by atoms with Crippen LogP contribution in [0.1, 0.15) is 44.8 Å². The van der Waals surface area contributed by atoms with Gasteiger partial charge in [0.25, 0.3) is 11.8 Å². The molecule has 28 heavy (non-hydrogen) atoms. The van der Waals surface area contributed by atoms with Crippen LogP contribution in [0.4, 0.5) is 0 Å². The quantitative estimate of drug-likeness (QED) is 0.635. The molecule has 0 aliphatic rings. The molecule has 2 amide bonds. The number of hydrogen-bond donors (Lipinski definition) is 2. The summed E-state index contributed by atoms with van der Waals surface area (Å²) in [5, 5.41) is 6.47. The lowest BCUT2D eigenvalue weighted by molar-refractivity contribution is 0.0932. The highest BCUT2D eigenvalue weighted by Crippen LogP contribution is 2.13. The summed E-state index contributed by atoms with van der Waals surface area (Å²) in [6.07, 6.45) is 0. The van der Waals surface area contributed by atoms with Crippen molar-refractivity contribution < 1.29 is 9.59 Å². The molecule has 5 heteroatoms. The summed E-state index contributed by atoms with van der Waals surface area (Å²) in [5.41, 5.74) is 3.01. The Balaban J connectivity index is 1.57. The predicted molar refractivity (Wildman–Crippen MR) is 111 cm³/mol. The first-order valence-corrected chi connectivity index (χ1v) is 9.39. The fourth-order valence-electron chi connectivity index (χ4n) is 2.76. The van der Waals surface area contributed by atoms with E-state index in [2.05, 4.69) is 10.6 Å². The summed E-state index contributed by atoms with van der Waals surface area (Å²) < 4.78 is 0. The molecule has 1 unspecified atom stereocenters. The highest BCUT2D eigenvalue weighted by Gasteiger charge is 2.12. The molecule has 0 saturated heterocycles. The van der Waals surface area contributed by atoms with E-state index in [1.54, 1.807) is 36.4 Å². The third kappa shape index (κ3) is 5.21. The topological polar surface area (TPSA) is 58.2 Å². The van der Waals surface area contributed by atoms with Gasteiger partial charge in [-0.2, -0.15) is 0 Å². The number of carbonyl (C=O) groups excluding carboxylic acids is 2. The highest BCUT2D eigenvalue weighted by atomic mass is 35.5. The van der Waals surface area contributed by atoms with Crippen molar-refractivity contribution in [3.05, 3.63) is 106 Å². The summed E-state index contributed by atoms with van der Waals surface area (Å²) in [6.45, 7) is 2.35. The molecule has 3 aromatic carbocycles. The van der Waals surface area contributed by atoms with Gasteiger partial charge >= 0.3 is 0 Å². The van der Waals surface area contributed by atoms with Crippen molar-refractivity contribution >= 4 is 23.4 Å². The molecule has 2 N–H and O–H groups in total. The normalized spacial score (nSPS) is 11.5. The largest absolute Gasteiger partial charge is 0.348 e. The number of halogens is 1. The van der Waals surface area contributed by atoms with Crippen molar-refractivity contribution in [2.75, 3.05) is 0 Å². The van der Waals surface area contributed by atoms with E-state index < -0.39 is 0 Å². The van der Waals surface area contributed by atoms with Crippen molar-refractivity contribution in [2.24, 2.45) is 0 Å². The zero-order chi connectivity index (χ0) is 19.9. The van der Waals surface area contributed by atoms with E-state index in [-0.39, 0.29) is 17.9 Å². The minimum absolute atomic E-state index is 0.101. The standard InChI is InChI=1S/C23H21ClN2O2/c1-16(18-5-3-2-4-6-18)26-23(28)20-11-9-19(10-12-20)22(27)25-15-17-7-13-21(24)14-8-17/h2-14,16H,15H2,1H3,(H,25,27)(H,26,28). The number of nitrogens with one attached hydrogen (secondary N) is 2. The van der Waals surface area contributed by atoms with Gasteiger partial charge in [0, 0.05) is 22.7 Å². The maximum atomic E-state index is 12.4. The predicted octanol–water partition coefficient (Wildman–Crippen LogP) is 4.76. The Hall–Kier alpha value is -3.11. The summed E-state index contributed by atoms with van der Waals surface area (Å²) in [7, 11) is 0. The molecule has 0 radical (unpaired) electrons. The van der Waals surface area contributed by atoms with Crippen molar-refractivity contribution in [1.82, 2.24) is 10.6 Å². The van der Waals surface area contributed by atoms with E-state index in [4.69, 9.17) is 11.6 Å². The highest BCUT2D eigenvalue weighted by molar-refractivity contribution is 6.30. The Kier molecular flexibility index (Phi) is 6.45. The maximum absolute atomic E-state index is 12.4. The molecule has 0 bridgehead atoms. The first-order chi connectivity index (χ1) is 13.5. The van der Waals surface area contributed by atoms with Crippen LogP contribution in [0.25, 0.3) is 0 Å². The molecule has 4 nitrogen and oxygen atoms in total. The van der Waals surface area contributed by atoms with E-state index in [9.17, 15) is 9.59 Å². The Morgan fingerprint density at radius 1 is 0.821 bits per heavy atom. The van der Waals surface area contributed by atoms with E-state index in [0.717, 1.165) is 11.1 Å². The molecule has 142 valence electrons. The number of amides is 2. The van der Waals surface area contributed by atoms with Gasteiger partial charge < -0.3 is 10.6 Å². The van der Waals surface area contributed by atoms with Crippen LogP contribution in [0.15, 0.2) is 78.9 Å².